The van der Waals surface area contributed by atoms with Crippen molar-refractivity contribution in [3.8, 4) is 0 Å². The molecular formula is C9H11ClF2N2O2. The molecule has 1 aromatic rings. The highest BCUT2D eigenvalue weighted by atomic mass is 35.5. The average molecular weight is 253 g/mol. The lowest BCUT2D eigenvalue weighted by molar-refractivity contribution is -0.137. The number of hydrogen-bond donors (Lipinski definition) is 1. The summed E-state index contributed by atoms with van der Waals surface area (Å²) in [7, 11) is 0. The van der Waals surface area contributed by atoms with Gasteiger partial charge in [-0.2, -0.15) is 5.10 Å². The number of aryl methyl sites for hydroxylation is 1. The van der Waals surface area contributed by atoms with Crippen LogP contribution in [0.25, 0.3) is 0 Å². The summed E-state index contributed by atoms with van der Waals surface area (Å²) in [6.45, 7) is 1.84. The molecule has 0 amide bonds. The van der Waals surface area contributed by atoms with E-state index >= 15 is 0 Å². The number of aliphatic carboxylic acids is 1. The Morgan fingerprint density at radius 3 is 2.69 bits per heavy atom. The predicted octanol–water partition coefficient (Wildman–Crippen LogP) is 2.65. The molecule has 4 nitrogen and oxygen atoms in total. The normalized spacial score (nSPS) is 11.1. The van der Waals surface area contributed by atoms with Crippen LogP contribution in [0, 0.1) is 6.92 Å². The molecule has 0 saturated carbocycles. The van der Waals surface area contributed by atoms with Crippen LogP contribution in [0.4, 0.5) is 8.78 Å². The minimum atomic E-state index is -2.72. The summed E-state index contributed by atoms with van der Waals surface area (Å²) in [6, 6.07) is 0. The summed E-state index contributed by atoms with van der Waals surface area (Å²) in [5.74, 6) is -0.926. The standard InChI is InChI=1S/C9H11ClF2N2O2/c1-5-7(10)8(9(11)12)13-14(5)4-2-3-6(15)16/h9H,2-4H2,1H3,(H,15,16). The number of aromatic nitrogens is 2. The van der Waals surface area contributed by atoms with Crippen LogP contribution < -0.4 is 0 Å². The van der Waals surface area contributed by atoms with Gasteiger partial charge in [0.25, 0.3) is 6.43 Å². The highest BCUT2D eigenvalue weighted by molar-refractivity contribution is 6.31. The Morgan fingerprint density at radius 2 is 2.25 bits per heavy atom. The highest BCUT2D eigenvalue weighted by Gasteiger charge is 2.20. The fraction of sp³-hybridized carbons (Fsp3) is 0.556. The second-order valence-corrected chi connectivity index (χ2v) is 3.68. The van der Waals surface area contributed by atoms with Crippen molar-refractivity contribution in [2.45, 2.75) is 32.7 Å². The van der Waals surface area contributed by atoms with Crippen molar-refractivity contribution in [1.29, 1.82) is 0 Å². The molecule has 0 saturated heterocycles. The Hall–Kier alpha value is -1.17. The lowest BCUT2D eigenvalue weighted by Gasteiger charge is -2.01. The van der Waals surface area contributed by atoms with Gasteiger partial charge in [0, 0.05) is 13.0 Å². The molecule has 0 spiro atoms. The molecule has 0 aliphatic carbocycles. The zero-order chi connectivity index (χ0) is 12.3. The summed E-state index contributed by atoms with van der Waals surface area (Å²) in [4.78, 5) is 10.3. The third-order valence-corrected chi connectivity index (χ3v) is 2.59. The second kappa shape index (κ2) is 5.25. The first-order valence-electron chi connectivity index (χ1n) is 4.66. The van der Waals surface area contributed by atoms with Crippen molar-refractivity contribution >= 4 is 17.6 Å². The van der Waals surface area contributed by atoms with E-state index in [0.717, 1.165) is 0 Å². The van der Waals surface area contributed by atoms with Gasteiger partial charge < -0.3 is 5.11 Å². The predicted molar refractivity (Wildman–Crippen MR) is 53.8 cm³/mol. The molecular weight excluding hydrogens is 242 g/mol. The van der Waals surface area contributed by atoms with Gasteiger partial charge in [0.2, 0.25) is 0 Å². The molecule has 0 radical (unpaired) electrons. The van der Waals surface area contributed by atoms with Gasteiger partial charge in [-0.05, 0) is 13.3 Å². The maximum atomic E-state index is 12.4. The quantitative estimate of drug-likeness (QED) is 0.876. The van der Waals surface area contributed by atoms with Crippen LogP contribution in [0.1, 0.15) is 30.7 Å². The van der Waals surface area contributed by atoms with Crippen molar-refractivity contribution in [3.05, 3.63) is 16.4 Å². The van der Waals surface area contributed by atoms with Gasteiger partial charge in [-0.25, -0.2) is 8.78 Å². The third-order valence-electron chi connectivity index (χ3n) is 2.13. The number of hydrogen-bond acceptors (Lipinski definition) is 2. The van der Waals surface area contributed by atoms with Crippen LogP contribution >= 0.6 is 11.6 Å². The van der Waals surface area contributed by atoms with Crippen molar-refractivity contribution in [2.75, 3.05) is 0 Å². The Morgan fingerprint density at radius 1 is 1.62 bits per heavy atom. The first-order valence-corrected chi connectivity index (χ1v) is 5.04. The number of carboxylic acid groups (broad SMARTS) is 1. The third kappa shape index (κ3) is 2.91. The van der Waals surface area contributed by atoms with Gasteiger partial charge in [0.1, 0.15) is 5.69 Å². The van der Waals surface area contributed by atoms with Crippen LogP contribution in [0.2, 0.25) is 5.02 Å². The molecule has 1 heterocycles. The topological polar surface area (TPSA) is 55.1 Å². The number of alkyl halides is 2. The zero-order valence-corrected chi connectivity index (χ0v) is 9.34. The first-order chi connectivity index (χ1) is 7.43. The number of carboxylic acids is 1. The van der Waals surface area contributed by atoms with Crippen molar-refractivity contribution < 1.29 is 18.7 Å². The second-order valence-electron chi connectivity index (χ2n) is 3.31. The van der Waals surface area contributed by atoms with E-state index in [1.54, 1.807) is 6.92 Å². The molecule has 1 N–H and O–H groups in total. The lowest BCUT2D eigenvalue weighted by Crippen LogP contribution is -2.05. The Bertz CT molecular complexity index is 393. The minimum Gasteiger partial charge on any atom is -0.481 e. The first kappa shape index (κ1) is 12.9. The van der Waals surface area contributed by atoms with Crippen LogP contribution in [0.15, 0.2) is 0 Å². The molecule has 0 atom stereocenters. The molecule has 7 heteroatoms. The molecule has 0 aromatic carbocycles. The fourth-order valence-electron chi connectivity index (χ4n) is 1.28. The van der Waals surface area contributed by atoms with E-state index in [1.807, 2.05) is 0 Å². The molecule has 0 fully saturated rings. The summed E-state index contributed by atoms with van der Waals surface area (Å²) < 4.78 is 26.1. The Balaban J connectivity index is 2.74. The van der Waals surface area contributed by atoms with Gasteiger partial charge in [0.15, 0.2) is 0 Å². The number of carbonyl (C=O) groups is 1. The van der Waals surface area contributed by atoms with Crippen LogP contribution in [0.3, 0.4) is 0 Å². The molecule has 0 unspecified atom stereocenters. The van der Waals surface area contributed by atoms with E-state index in [0.29, 0.717) is 12.1 Å². The van der Waals surface area contributed by atoms with E-state index in [2.05, 4.69) is 5.10 Å². The fourth-order valence-corrected chi connectivity index (χ4v) is 1.50. The molecule has 90 valence electrons. The smallest absolute Gasteiger partial charge is 0.303 e. The van der Waals surface area contributed by atoms with Gasteiger partial charge in [-0.15, -0.1) is 0 Å². The number of nitrogens with zero attached hydrogens (tertiary/aromatic N) is 2. The Kier molecular flexibility index (Phi) is 4.23. The molecule has 1 aromatic heterocycles. The highest BCUT2D eigenvalue weighted by Crippen LogP contribution is 2.28. The van der Waals surface area contributed by atoms with Crippen LogP contribution in [-0.2, 0) is 11.3 Å². The molecule has 0 aliphatic rings. The van der Waals surface area contributed by atoms with Gasteiger partial charge in [-0.3, -0.25) is 9.48 Å². The number of rotatable bonds is 5. The maximum Gasteiger partial charge on any atom is 0.303 e. The van der Waals surface area contributed by atoms with Crippen molar-refractivity contribution in [2.24, 2.45) is 0 Å². The van der Waals surface area contributed by atoms with E-state index in [-0.39, 0.29) is 18.0 Å². The summed E-state index contributed by atoms with van der Waals surface area (Å²) in [5.41, 5.74) is -0.0168. The van der Waals surface area contributed by atoms with E-state index < -0.39 is 18.1 Å². The molecule has 0 bridgehead atoms. The molecule has 0 aliphatic heterocycles. The lowest BCUT2D eigenvalue weighted by atomic mass is 10.3. The average Bonchev–Trinajstić information content (AvgIpc) is 2.45. The Labute approximate surface area is 95.8 Å². The summed E-state index contributed by atoms with van der Waals surface area (Å²) >= 11 is 5.67. The van der Waals surface area contributed by atoms with Crippen LogP contribution in [0.5, 0.6) is 0 Å². The summed E-state index contributed by atoms with van der Waals surface area (Å²) in [5, 5.41) is 12.0. The SMILES string of the molecule is Cc1c(Cl)c(C(F)F)nn1CCCC(=O)O. The van der Waals surface area contributed by atoms with Gasteiger partial charge in [0.05, 0.1) is 10.7 Å². The van der Waals surface area contributed by atoms with Gasteiger partial charge in [-0.1, -0.05) is 11.6 Å². The van der Waals surface area contributed by atoms with Crippen molar-refractivity contribution in [3.63, 3.8) is 0 Å². The minimum absolute atomic E-state index is 0.0269. The van der Waals surface area contributed by atoms with E-state index in [4.69, 9.17) is 16.7 Å². The molecule has 16 heavy (non-hydrogen) atoms. The van der Waals surface area contributed by atoms with Crippen LogP contribution in [-0.4, -0.2) is 20.9 Å². The maximum absolute atomic E-state index is 12.4. The van der Waals surface area contributed by atoms with E-state index in [9.17, 15) is 13.6 Å². The van der Waals surface area contributed by atoms with Crippen molar-refractivity contribution in [1.82, 2.24) is 9.78 Å². The monoisotopic (exact) mass is 252 g/mol. The van der Waals surface area contributed by atoms with E-state index in [1.165, 1.54) is 4.68 Å². The zero-order valence-electron chi connectivity index (χ0n) is 8.58. The largest absolute Gasteiger partial charge is 0.481 e. The molecule has 1 rings (SSSR count). The van der Waals surface area contributed by atoms with Gasteiger partial charge >= 0.3 is 5.97 Å². The summed E-state index contributed by atoms with van der Waals surface area (Å²) in [6.07, 6.45) is -2.41. The number of halogens is 3.